The number of amides is 1. The lowest BCUT2D eigenvalue weighted by molar-refractivity contribution is 0.0736. The van der Waals surface area contributed by atoms with Crippen LogP contribution in [0.2, 0.25) is 0 Å². The smallest absolute Gasteiger partial charge is 0.254 e. The van der Waals surface area contributed by atoms with E-state index in [2.05, 4.69) is 34.3 Å². The van der Waals surface area contributed by atoms with Crippen LogP contribution in [0.15, 0.2) is 54.7 Å². The molecule has 2 aromatic carbocycles. The number of fused-ring (bicyclic) bond motifs is 1. The molecule has 1 amide bonds. The number of aromatic amines is 1. The topological polar surface area (TPSA) is 36.1 Å². The lowest BCUT2D eigenvalue weighted by atomic mass is 10.0. The first-order valence-corrected chi connectivity index (χ1v) is 8.65. The quantitative estimate of drug-likeness (QED) is 0.767. The molecule has 24 heavy (non-hydrogen) atoms. The number of aryl methyl sites for hydroxylation is 1. The molecule has 2 heterocycles. The Morgan fingerprint density at radius 1 is 1.17 bits per heavy atom. The second-order valence-electron chi connectivity index (χ2n) is 6.67. The summed E-state index contributed by atoms with van der Waals surface area (Å²) < 4.78 is 0. The molecule has 1 atom stereocenters. The minimum atomic E-state index is 0.176. The summed E-state index contributed by atoms with van der Waals surface area (Å²) in [5.74, 6) is 0.176. The third-order valence-electron chi connectivity index (χ3n) is 5.14. The number of rotatable bonds is 3. The minimum Gasteiger partial charge on any atom is -0.361 e. The third kappa shape index (κ3) is 2.60. The van der Waals surface area contributed by atoms with Gasteiger partial charge in [-0.25, -0.2) is 0 Å². The van der Waals surface area contributed by atoms with E-state index in [4.69, 9.17) is 0 Å². The molecule has 3 aromatic rings. The van der Waals surface area contributed by atoms with Crippen molar-refractivity contribution >= 4 is 16.8 Å². The molecule has 1 unspecified atom stereocenters. The van der Waals surface area contributed by atoms with Crippen molar-refractivity contribution in [3.8, 4) is 0 Å². The van der Waals surface area contributed by atoms with Gasteiger partial charge < -0.3 is 9.88 Å². The molecule has 1 fully saturated rings. The summed E-state index contributed by atoms with van der Waals surface area (Å²) in [6.45, 7) is 2.87. The SMILES string of the molecule is Cc1ccccc1C(=O)N1CCCC1Cc1c[nH]c2ccccc12. The molecule has 0 aliphatic carbocycles. The number of carbonyl (C=O) groups is 1. The van der Waals surface area contributed by atoms with Crippen LogP contribution in [0.1, 0.15) is 34.3 Å². The predicted molar refractivity (Wildman–Crippen MR) is 97.2 cm³/mol. The van der Waals surface area contributed by atoms with Crippen molar-refractivity contribution < 1.29 is 4.79 Å². The van der Waals surface area contributed by atoms with Crippen molar-refractivity contribution in [2.45, 2.75) is 32.2 Å². The molecule has 0 bridgehead atoms. The number of carbonyl (C=O) groups excluding carboxylic acids is 1. The van der Waals surface area contributed by atoms with Crippen LogP contribution in [0.25, 0.3) is 10.9 Å². The standard InChI is InChI=1S/C21H22N2O/c1-15-7-2-3-9-18(15)21(24)23-12-6-8-17(23)13-16-14-22-20-11-5-4-10-19(16)20/h2-5,7,9-11,14,17,22H,6,8,12-13H2,1H3. The van der Waals surface area contributed by atoms with Crippen LogP contribution < -0.4 is 0 Å². The Hall–Kier alpha value is -2.55. The number of benzene rings is 2. The van der Waals surface area contributed by atoms with E-state index >= 15 is 0 Å². The number of hydrogen-bond donors (Lipinski definition) is 1. The molecule has 0 saturated carbocycles. The number of para-hydroxylation sites is 1. The van der Waals surface area contributed by atoms with Crippen molar-refractivity contribution in [1.82, 2.24) is 9.88 Å². The highest BCUT2D eigenvalue weighted by Gasteiger charge is 2.30. The highest BCUT2D eigenvalue weighted by atomic mass is 16.2. The van der Waals surface area contributed by atoms with E-state index in [1.165, 1.54) is 16.5 Å². The van der Waals surface area contributed by atoms with E-state index in [0.29, 0.717) is 0 Å². The van der Waals surface area contributed by atoms with Gasteiger partial charge in [-0.1, -0.05) is 36.4 Å². The molecular weight excluding hydrogens is 296 g/mol. The number of H-pyrrole nitrogens is 1. The van der Waals surface area contributed by atoms with Gasteiger partial charge in [-0.3, -0.25) is 4.79 Å². The number of likely N-dealkylation sites (tertiary alicyclic amines) is 1. The van der Waals surface area contributed by atoms with Crippen LogP contribution in [-0.2, 0) is 6.42 Å². The van der Waals surface area contributed by atoms with Crippen LogP contribution >= 0.6 is 0 Å². The second kappa shape index (κ2) is 6.16. The maximum Gasteiger partial charge on any atom is 0.254 e. The van der Waals surface area contributed by atoms with E-state index in [1.54, 1.807) is 0 Å². The van der Waals surface area contributed by atoms with Gasteiger partial charge in [0.1, 0.15) is 0 Å². The summed E-state index contributed by atoms with van der Waals surface area (Å²) in [6, 6.07) is 16.6. The van der Waals surface area contributed by atoms with Gasteiger partial charge in [-0.2, -0.15) is 0 Å². The van der Waals surface area contributed by atoms with Gasteiger partial charge in [-0.15, -0.1) is 0 Å². The molecule has 122 valence electrons. The summed E-state index contributed by atoms with van der Waals surface area (Å²) in [7, 11) is 0. The molecule has 1 aliphatic heterocycles. The zero-order valence-corrected chi connectivity index (χ0v) is 14.0. The number of nitrogens with zero attached hydrogens (tertiary/aromatic N) is 1. The maximum absolute atomic E-state index is 13.0. The van der Waals surface area contributed by atoms with E-state index < -0.39 is 0 Å². The van der Waals surface area contributed by atoms with Crippen molar-refractivity contribution in [3.63, 3.8) is 0 Å². The van der Waals surface area contributed by atoms with E-state index in [9.17, 15) is 4.79 Å². The molecule has 4 rings (SSSR count). The van der Waals surface area contributed by atoms with Crippen molar-refractivity contribution in [2.75, 3.05) is 6.54 Å². The Labute approximate surface area is 142 Å². The van der Waals surface area contributed by atoms with E-state index in [0.717, 1.165) is 36.9 Å². The molecule has 0 spiro atoms. The Bertz CT molecular complexity index is 880. The van der Waals surface area contributed by atoms with Gasteiger partial charge >= 0.3 is 0 Å². The van der Waals surface area contributed by atoms with E-state index in [1.807, 2.05) is 37.3 Å². The number of nitrogens with one attached hydrogen (secondary N) is 1. The lowest BCUT2D eigenvalue weighted by Gasteiger charge is -2.25. The van der Waals surface area contributed by atoms with Crippen molar-refractivity contribution in [2.24, 2.45) is 0 Å². The number of hydrogen-bond acceptors (Lipinski definition) is 1. The largest absolute Gasteiger partial charge is 0.361 e. The summed E-state index contributed by atoms with van der Waals surface area (Å²) in [5, 5.41) is 1.27. The maximum atomic E-state index is 13.0. The first-order valence-electron chi connectivity index (χ1n) is 8.65. The van der Waals surface area contributed by atoms with Crippen LogP contribution in [0.3, 0.4) is 0 Å². The van der Waals surface area contributed by atoms with Gasteiger partial charge in [0.25, 0.3) is 5.91 Å². The van der Waals surface area contributed by atoms with Gasteiger partial charge in [-0.05, 0) is 49.4 Å². The van der Waals surface area contributed by atoms with Crippen LogP contribution in [0, 0.1) is 6.92 Å². The molecule has 3 nitrogen and oxygen atoms in total. The van der Waals surface area contributed by atoms with Gasteiger partial charge in [0, 0.05) is 35.2 Å². The Morgan fingerprint density at radius 3 is 2.83 bits per heavy atom. The Kier molecular flexibility index (Phi) is 3.85. The summed E-state index contributed by atoms with van der Waals surface area (Å²) >= 11 is 0. The fourth-order valence-corrected chi connectivity index (χ4v) is 3.84. The van der Waals surface area contributed by atoms with E-state index in [-0.39, 0.29) is 11.9 Å². The normalized spacial score (nSPS) is 17.5. The monoisotopic (exact) mass is 318 g/mol. The van der Waals surface area contributed by atoms with Crippen molar-refractivity contribution in [3.05, 3.63) is 71.4 Å². The molecule has 1 N–H and O–H groups in total. The van der Waals surface area contributed by atoms with Gasteiger partial charge in [0.05, 0.1) is 0 Å². The first-order chi connectivity index (χ1) is 11.7. The second-order valence-corrected chi connectivity index (χ2v) is 6.67. The van der Waals surface area contributed by atoms with Crippen LogP contribution in [-0.4, -0.2) is 28.4 Å². The minimum absolute atomic E-state index is 0.176. The highest BCUT2D eigenvalue weighted by Crippen LogP contribution is 2.27. The van der Waals surface area contributed by atoms with Crippen LogP contribution in [0.4, 0.5) is 0 Å². The Morgan fingerprint density at radius 2 is 1.96 bits per heavy atom. The molecule has 0 radical (unpaired) electrons. The zero-order valence-electron chi connectivity index (χ0n) is 14.0. The Balaban J connectivity index is 1.59. The van der Waals surface area contributed by atoms with Crippen molar-refractivity contribution in [1.29, 1.82) is 0 Å². The third-order valence-corrected chi connectivity index (χ3v) is 5.14. The van der Waals surface area contributed by atoms with Gasteiger partial charge in [0.15, 0.2) is 0 Å². The molecule has 1 saturated heterocycles. The summed E-state index contributed by atoms with van der Waals surface area (Å²) in [4.78, 5) is 18.4. The fraction of sp³-hybridized carbons (Fsp3) is 0.286. The zero-order chi connectivity index (χ0) is 16.5. The number of aromatic nitrogens is 1. The first kappa shape index (κ1) is 15.0. The lowest BCUT2D eigenvalue weighted by Crippen LogP contribution is -2.37. The van der Waals surface area contributed by atoms with Crippen LogP contribution in [0.5, 0.6) is 0 Å². The molecule has 3 heteroatoms. The summed E-state index contributed by atoms with van der Waals surface area (Å²) in [6.07, 6.45) is 5.18. The summed E-state index contributed by atoms with van der Waals surface area (Å²) in [5.41, 5.74) is 4.37. The predicted octanol–water partition coefficient (Wildman–Crippen LogP) is 4.32. The fourth-order valence-electron chi connectivity index (χ4n) is 3.84. The molecular formula is C21H22N2O. The average Bonchev–Trinajstić information content (AvgIpc) is 3.23. The highest BCUT2D eigenvalue weighted by molar-refractivity contribution is 5.96. The molecule has 1 aromatic heterocycles. The van der Waals surface area contributed by atoms with Gasteiger partial charge in [0.2, 0.25) is 0 Å². The average molecular weight is 318 g/mol. The molecule has 1 aliphatic rings.